The maximum Gasteiger partial charge on any atom is 0.387 e. The summed E-state index contributed by atoms with van der Waals surface area (Å²) in [6.45, 7) is -1.14. The van der Waals surface area contributed by atoms with Crippen molar-refractivity contribution in [1.29, 1.82) is 0 Å². The molecule has 0 aliphatic rings. The second kappa shape index (κ2) is 6.48. The van der Waals surface area contributed by atoms with Crippen LogP contribution in [-0.2, 0) is 21.3 Å². The number of nitrogens with zero attached hydrogens (tertiary/aromatic N) is 1. The minimum Gasteiger partial charge on any atom is -0.435 e. The number of sulfone groups is 1. The molecule has 0 saturated carbocycles. The Morgan fingerprint density at radius 3 is 2.71 bits per heavy atom. The first-order valence-corrected chi connectivity index (χ1v) is 8.69. The fourth-order valence-corrected chi connectivity index (χ4v) is 3.92. The zero-order valence-electron chi connectivity index (χ0n) is 11.1. The molecule has 0 aliphatic heterocycles. The summed E-state index contributed by atoms with van der Waals surface area (Å²) in [4.78, 5) is 4.11. The molecule has 0 bridgehead atoms. The summed E-state index contributed by atoms with van der Waals surface area (Å²) in [6.07, 6.45) is 0. The molecule has 0 spiro atoms. The van der Waals surface area contributed by atoms with E-state index in [1.807, 2.05) is 0 Å². The van der Waals surface area contributed by atoms with E-state index < -0.39 is 16.4 Å². The van der Waals surface area contributed by atoms with Crippen molar-refractivity contribution in [2.24, 2.45) is 0 Å². The lowest BCUT2D eigenvalue weighted by molar-refractivity contribution is -0.0498. The maximum absolute atomic E-state index is 12.1. The average Bonchev–Trinajstić information content (AvgIpc) is 2.72. The number of halogens is 2. The van der Waals surface area contributed by atoms with Gasteiger partial charge < -0.3 is 4.74 Å². The summed E-state index contributed by atoms with van der Waals surface area (Å²) in [5.74, 6) is -0.469. The highest BCUT2D eigenvalue weighted by Gasteiger charge is 2.16. The van der Waals surface area contributed by atoms with Crippen LogP contribution in [0.5, 0.6) is 5.75 Å². The number of ether oxygens (including phenoxy) is 1. The minimum atomic E-state index is -3.42. The van der Waals surface area contributed by atoms with Crippen LogP contribution < -0.4 is 4.74 Å². The number of thiazole rings is 1. The molecule has 0 N–H and O–H groups in total. The smallest absolute Gasteiger partial charge is 0.387 e. The first-order chi connectivity index (χ1) is 9.84. The van der Waals surface area contributed by atoms with Crippen molar-refractivity contribution in [3.8, 4) is 5.75 Å². The predicted octanol–water partition coefficient (Wildman–Crippen LogP) is 3.17. The molecular weight excluding hydrogens is 320 g/mol. The predicted molar refractivity (Wildman–Crippen MR) is 76.3 cm³/mol. The molecule has 114 valence electrons. The molecule has 0 radical (unpaired) electrons. The van der Waals surface area contributed by atoms with Crippen molar-refractivity contribution in [3.05, 3.63) is 45.9 Å². The zero-order chi connectivity index (χ0) is 15.5. The van der Waals surface area contributed by atoms with Crippen molar-refractivity contribution in [2.45, 2.75) is 25.0 Å². The van der Waals surface area contributed by atoms with Crippen LogP contribution in [0.3, 0.4) is 0 Å². The van der Waals surface area contributed by atoms with Gasteiger partial charge in [-0.05, 0) is 24.6 Å². The molecule has 0 fully saturated rings. The van der Waals surface area contributed by atoms with Crippen molar-refractivity contribution in [3.63, 3.8) is 0 Å². The van der Waals surface area contributed by atoms with E-state index in [1.54, 1.807) is 18.4 Å². The number of aromatic nitrogens is 1. The third kappa shape index (κ3) is 5.05. The largest absolute Gasteiger partial charge is 0.435 e. The minimum absolute atomic E-state index is 0.0535. The summed E-state index contributed by atoms with van der Waals surface area (Å²) in [5.41, 5.74) is 0.901. The number of hydrogen-bond acceptors (Lipinski definition) is 5. The van der Waals surface area contributed by atoms with Gasteiger partial charge in [0.2, 0.25) is 0 Å². The second-order valence-corrected chi connectivity index (χ2v) is 7.54. The average molecular weight is 333 g/mol. The standard InChI is InChI=1S/C13H13F2NO3S2/c1-9-16-11(6-20-9)8-21(17,18)7-10-3-2-4-12(5-10)19-13(14)15/h2-6,13H,7-8H2,1H3. The number of rotatable bonds is 6. The van der Waals surface area contributed by atoms with E-state index in [-0.39, 0.29) is 17.3 Å². The molecule has 0 amide bonds. The number of benzene rings is 1. The fraction of sp³-hybridized carbons (Fsp3) is 0.308. The Morgan fingerprint density at radius 1 is 1.33 bits per heavy atom. The van der Waals surface area contributed by atoms with Gasteiger partial charge in [-0.25, -0.2) is 13.4 Å². The molecule has 21 heavy (non-hydrogen) atoms. The number of aryl methyl sites for hydroxylation is 1. The molecule has 1 heterocycles. The van der Waals surface area contributed by atoms with Crippen LogP contribution in [0.25, 0.3) is 0 Å². The van der Waals surface area contributed by atoms with Gasteiger partial charge in [0.1, 0.15) is 5.75 Å². The molecule has 2 rings (SSSR count). The second-order valence-electron chi connectivity index (χ2n) is 4.42. The highest BCUT2D eigenvalue weighted by molar-refractivity contribution is 7.89. The molecule has 1 aromatic heterocycles. The normalized spacial score (nSPS) is 11.8. The van der Waals surface area contributed by atoms with Gasteiger partial charge in [-0.1, -0.05) is 12.1 Å². The Kier molecular flexibility index (Phi) is 4.89. The lowest BCUT2D eigenvalue weighted by Crippen LogP contribution is -2.08. The summed E-state index contributed by atoms with van der Waals surface area (Å²) in [5, 5.41) is 2.50. The molecule has 4 nitrogen and oxygen atoms in total. The van der Waals surface area contributed by atoms with Gasteiger partial charge in [0.25, 0.3) is 0 Å². The van der Waals surface area contributed by atoms with Crippen LogP contribution in [0.2, 0.25) is 0 Å². The SMILES string of the molecule is Cc1nc(CS(=O)(=O)Cc2cccc(OC(F)F)c2)cs1. The first-order valence-electron chi connectivity index (χ1n) is 5.99. The van der Waals surface area contributed by atoms with Crippen LogP contribution in [0.4, 0.5) is 8.78 Å². The van der Waals surface area contributed by atoms with E-state index in [1.165, 1.54) is 29.5 Å². The Hall–Kier alpha value is -1.54. The Balaban J connectivity index is 2.09. The van der Waals surface area contributed by atoms with E-state index in [4.69, 9.17) is 0 Å². The van der Waals surface area contributed by atoms with Crippen LogP contribution in [-0.4, -0.2) is 20.0 Å². The topological polar surface area (TPSA) is 56.3 Å². The van der Waals surface area contributed by atoms with Gasteiger partial charge in [0.15, 0.2) is 9.84 Å². The summed E-state index contributed by atoms with van der Waals surface area (Å²) < 4.78 is 52.7. The summed E-state index contributed by atoms with van der Waals surface area (Å²) in [6, 6.07) is 5.69. The van der Waals surface area contributed by atoms with Crippen molar-refractivity contribution < 1.29 is 21.9 Å². The van der Waals surface area contributed by atoms with Gasteiger partial charge in [-0.3, -0.25) is 0 Å². The van der Waals surface area contributed by atoms with Gasteiger partial charge in [0.05, 0.1) is 22.2 Å². The molecule has 1 aromatic carbocycles. The van der Waals surface area contributed by atoms with Crippen LogP contribution in [0, 0.1) is 6.92 Å². The van der Waals surface area contributed by atoms with E-state index in [2.05, 4.69) is 9.72 Å². The third-order valence-corrected chi connectivity index (χ3v) is 4.88. The number of alkyl halides is 2. The number of hydrogen-bond donors (Lipinski definition) is 0. The van der Waals surface area contributed by atoms with Gasteiger partial charge >= 0.3 is 6.61 Å². The van der Waals surface area contributed by atoms with Crippen LogP contribution >= 0.6 is 11.3 Å². The monoisotopic (exact) mass is 333 g/mol. The molecule has 0 aliphatic carbocycles. The summed E-state index contributed by atoms with van der Waals surface area (Å²) >= 11 is 1.38. The van der Waals surface area contributed by atoms with E-state index in [0.717, 1.165) is 5.01 Å². The Morgan fingerprint density at radius 2 is 2.10 bits per heavy atom. The molecular formula is C13H13F2NO3S2. The van der Waals surface area contributed by atoms with Crippen LogP contribution in [0.15, 0.2) is 29.6 Å². The molecule has 0 unspecified atom stereocenters. The van der Waals surface area contributed by atoms with Gasteiger partial charge in [0, 0.05) is 5.38 Å². The first kappa shape index (κ1) is 15.8. The van der Waals surface area contributed by atoms with Gasteiger partial charge in [-0.15, -0.1) is 11.3 Å². The van der Waals surface area contributed by atoms with E-state index >= 15 is 0 Å². The molecule has 0 atom stereocenters. The fourth-order valence-electron chi connectivity index (χ4n) is 1.82. The van der Waals surface area contributed by atoms with Crippen molar-refractivity contribution in [1.82, 2.24) is 4.98 Å². The highest BCUT2D eigenvalue weighted by Crippen LogP contribution is 2.19. The van der Waals surface area contributed by atoms with Crippen molar-refractivity contribution >= 4 is 21.2 Å². The zero-order valence-corrected chi connectivity index (χ0v) is 12.8. The quantitative estimate of drug-likeness (QED) is 0.815. The lowest BCUT2D eigenvalue weighted by atomic mass is 10.2. The van der Waals surface area contributed by atoms with Gasteiger partial charge in [-0.2, -0.15) is 8.78 Å². The highest BCUT2D eigenvalue weighted by atomic mass is 32.2. The maximum atomic E-state index is 12.1. The van der Waals surface area contributed by atoms with Crippen molar-refractivity contribution in [2.75, 3.05) is 0 Å². The van der Waals surface area contributed by atoms with Crippen LogP contribution in [0.1, 0.15) is 16.3 Å². The Labute approximate surface area is 125 Å². The third-order valence-electron chi connectivity index (χ3n) is 2.54. The molecule has 8 heteroatoms. The molecule has 0 saturated heterocycles. The summed E-state index contributed by atoms with van der Waals surface area (Å²) in [7, 11) is -3.42. The van der Waals surface area contributed by atoms with E-state index in [9.17, 15) is 17.2 Å². The lowest BCUT2D eigenvalue weighted by Gasteiger charge is -2.07. The Bertz CT molecular complexity index is 714. The van der Waals surface area contributed by atoms with E-state index in [0.29, 0.717) is 11.3 Å². The molecule has 2 aromatic rings.